The van der Waals surface area contributed by atoms with Gasteiger partial charge in [0.25, 0.3) is 0 Å². The Labute approximate surface area is 191 Å². The molecule has 0 spiro atoms. The van der Waals surface area contributed by atoms with Crippen LogP contribution < -0.4 is 10.1 Å². The molecule has 3 aromatic carbocycles. The van der Waals surface area contributed by atoms with Crippen LogP contribution in [-0.4, -0.2) is 29.4 Å². The van der Waals surface area contributed by atoms with Crippen molar-refractivity contribution >= 4 is 72.7 Å². The largest absolute Gasteiger partial charge is 0.495 e. The maximum atomic E-state index is 10.7. The number of aromatic nitrogens is 1. The number of fused-ring (bicyclic) bond motifs is 3. The summed E-state index contributed by atoms with van der Waals surface area (Å²) in [5.74, 6) is 0.774. The van der Waals surface area contributed by atoms with E-state index in [9.17, 15) is 5.11 Å². The monoisotopic (exact) mass is 598 g/mol. The first-order valence-electron chi connectivity index (χ1n) is 8.99. The Bertz CT molecular complexity index is 1080. The Balaban J connectivity index is 1.63. The fourth-order valence-corrected chi connectivity index (χ4v) is 4.52. The summed E-state index contributed by atoms with van der Waals surface area (Å²) in [6, 6.07) is 20.7. The third-order valence-electron chi connectivity index (χ3n) is 4.82. The van der Waals surface area contributed by atoms with Crippen LogP contribution in [0.15, 0.2) is 60.7 Å². The summed E-state index contributed by atoms with van der Waals surface area (Å²) in [5.41, 5.74) is 3.18. The number of aliphatic hydroxyl groups is 1. The molecule has 0 unspecified atom stereocenters. The van der Waals surface area contributed by atoms with Gasteiger partial charge in [0.05, 0.1) is 25.4 Å². The molecule has 28 heavy (non-hydrogen) atoms. The van der Waals surface area contributed by atoms with Gasteiger partial charge in [-0.25, -0.2) is 0 Å². The molecule has 144 valence electrons. The van der Waals surface area contributed by atoms with Crippen LogP contribution in [0, 0.1) is 7.14 Å². The molecule has 0 aliphatic heterocycles. The maximum absolute atomic E-state index is 10.7. The normalized spacial score (nSPS) is 12.4. The number of ether oxygens (including phenoxy) is 1. The van der Waals surface area contributed by atoms with Crippen LogP contribution in [0.25, 0.3) is 21.8 Å². The van der Waals surface area contributed by atoms with E-state index in [4.69, 9.17) is 4.74 Å². The van der Waals surface area contributed by atoms with E-state index in [1.807, 2.05) is 24.3 Å². The minimum Gasteiger partial charge on any atom is -0.495 e. The van der Waals surface area contributed by atoms with Gasteiger partial charge in [0.1, 0.15) is 5.75 Å². The molecule has 6 heteroatoms. The molecular formula is C22H20I2N2O2. The Hall–Kier alpha value is -1.52. The maximum Gasteiger partial charge on any atom is 0.141 e. The van der Waals surface area contributed by atoms with Gasteiger partial charge in [-0.05, 0) is 93.7 Å². The molecule has 0 saturated heterocycles. The van der Waals surface area contributed by atoms with Crippen LogP contribution in [0.5, 0.6) is 5.75 Å². The lowest BCUT2D eigenvalue weighted by Crippen LogP contribution is -2.25. The minimum atomic E-state index is -0.540. The van der Waals surface area contributed by atoms with E-state index in [2.05, 4.69) is 91.5 Å². The highest BCUT2D eigenvalue weighted by Crippen LogP contribution is 2.32. The number of benzene rings is 3. The zero-order valence-electron chi connectivity index (χ0n) is 15.3. The second-order valence-corrected chi connectivity index (χ2v) is 9.16. The second-order valence-electron chi connectivity index (χ2n) is 6.67. The molecule has 4 rings (SSSR count). The van der Waals surface area contributed by atoms with Crippen molar-refractivity contribution in [3.8, 4) is 5.75 Å². The van der Waals surface area contributed by atoms with Crippen molar-refractivity contribution in [3.05, 3.63) is 67.8 Å². The van der Waals surface area contributed by atoms with Crippen molar-refractivity contribution in [1.29, 1.82) is 0 Å². The summed E-state index contributed by atoms with van der Waals surface area (Å²) in [6.45, 7) is 0.958. The first-order valence-corrected chi connectivity index (χ1v) is 11.1. The lowest BCUT2D eigenvalue weighted by molar-refractivity contribution is 0.169. The number of aliphatic hydroxyl groups excluding tert-OH is 1. The molecule has 4 nitrogen and oxygen atoms in total. The van der Waals surface area contributed by atoms with Gasteiger partial charge in [-0.2, -0.15) is 0 Å². The third kappa shape index (κ3) is 3.95. The molecule has 0 aliphatic rings. The summed E-state index contributed by atoms with van der Waals surface area (Å²) < 4.78 is 10.0. The number of hydrogen-bond acceptors (Lipinski definition) is 3. The first kappa shape index (κ1) is 19.8. The van der Waals surface area contributed by atoms with E-state index in [-0.39, 0.29) is 0 Å². The van der Waals surface area contributed by atoms with Crippen LogP contribution in [0.4, 0.5) is 5.69 Å². The number of methoxy groups -OCH3 is 1. The molecule has 0 amide bonds. The molecule has 1 aromatic heterocycles. The molecule has 0 fully saturated rings. The number of hydrogen-bond donors (Lipinski definition) is 2. The standard InChI is InChI=1S/C22H20I2N2O2/c1-28-22-5-3-2-4-19(22)25-12-16(27)13-26-20-8-6-14(23)10-17(20)18-11-15(24)7-9-21(18)26/h2-11,16,25,27H,12-13H2,1H3/t16-/m0/s1. The average Bonchev–Trinajstić information content (AvgIpc) is 2.98. The Morgan fingerprint density at radius 2 is 1.57 bits per heavy atom. The van der Waals surface area contributed by atoms with Gasteiger partial charge in [0.2, 0.25) is 0 Å². The molecule has 1 heterocycles. The van der Waals surface area contributed by atoms with Gasteiger partial charge in [0.15, 0.2) is 0 Å². The molecule has 0 saturated carbocycles. The Morgan fingerprint density at radius 3 is 2.18 bits per heavy atom. The van der Waals surface area contributed by atoms with E-state index in [1.54, 1.807) is 7.11 Å². The summed E-state index contributed by atoms with van der Waals surface area (Å²) in [6.07, 6.45) is -0.540. The molecule has 4 aromatic rings. The van der Waals surface area contributed by atoms with Crippen molar-refractivity contribution in [2.24, 2.45) is 0 Å². The molecule has 0 bridgehead atoms. The van der Waals surface area contributed by atoms with Gasteiger partial charge in [-0.1, -0.05) is 12.1 Å². The number of nitrogens with one attached hydrogen (secondary N) is 1. The smallest absolute Gasteiger partial charge is 0.141 e. The summed E-state index contributed by atoms with van der Waals surface area (Å²) in [7, 11) is 1.65. The van der Waals surface area contributed by atoms with E-state index < -0.39 is 6.10 Å². The van der Waals surface area contributed by atoms with Crippen molar-refractivity contribution in [3.63, 3.8) is 0 Å². The number of halogens is 2. The van der Waals surface area contributed by atoms with Crippen LogP contribution >= 0.6 is 45.2 Å². The highest BCUT2D eigenvalue weighted by molar-refractivity contribution is 14.1. The predicted octanol–water partition coefficient (Wildman–Crippen LogP) is 5.49. The fraction of sp³-hybridized carbons (Fsp3) is 0.182. The Kier molecular flexibility index (Phi) is 5.98. The quantitative estimate of drug-likeness (QED) is 0.289. The highest BCUT2D eigenvalue weighted by Gasteiger charge is 2.15. The molecule has 0 radical (unpaired) electrons. The van der Waals surface area contributed by atoms with Crippen LogP contribution in [0.3, 0.4) is 0 Å². The third-order valence-corrected chi connectivity index (χ3v) is 6.16. The van der Waals surface area contributed by atoms with E-state index in [1.165, 1.54) is 17.9 Å². The van der Waals surface area contributed by atoms with E-state index in [0.717, 1.165) is 22.5 Å². The summed E-state index contributed by atoms with van der Waals surface area (Å²) in [5, 5.41) is 16.5. The van der Waals surface area contributed by atoms with Crippen LogP contribution in [-0.2, 0) is 6.54 Å². The van der Waals surface area contributed by atoms with Crippen molar-refractivity contribution in [1.82, 2.24) is 4.57 Å². The number of para-hydroxylation sites is 2. The minimum absolute atomic E-state index is 0.441. The lowest BCUT2D eigenvalue weighted by atomic mass is 10.2. The predicted molar refractivity (Wildman–Crippen MR) is 132 cm³/mol. The first-order chi connectivity index (χ1) is 13.6. The van der Waals surface area contributed by atoms with Crippen LogP contribution in [0.1, 0.15) is 0 Å². The molecule has 0 aliphatic carbocycles. The number of nitrogens with zero attached hydrogens (tertiary/aromatic N) is 1. The SMILES string of the molecule is COc1ccccc1NC[C@H](O)Cn1c2ccc(I)cc2c2cc(I)ccc21. The van der Waals surface area contributed by atoms with Crippen LogP contribution in [0.2, 0.25) is 0 Å². The molecule has 2 N–H and O–H groups in total. The summed E-state index contributed by atoms with van der Waals surface area (Å²) in [4.78, 5) is 0. The second kappa shape index (κ2) is 8.46. The number of anilines is 1. The Morgan fingerprint density at radius 1 is 0.964 bits per heavy atom. The van der Waals surface area contributed by atoms with Gasteiger partial charge in [0, 0.05) is 35.5 Å². The van der Waals surface area contributed by atoms with Gasteiger partial charge in [-0.15, -0.1) is 0 Å². The zero-order chi connectivity index (χ0) is 19.7. The molecular weight excluding hydrogens is 578 g/mol. The van der Waals surface area contributed by atoms with Crippen molar-refractivity contribution in [2.45, 2.75) is 12.6 Å². The molecule has 1 atom stereocenters. The highest BCUT2D eigenvalue weighted by atomic mass is 127. The fourth-order valence-electron chi connectivity index (χ4n) is 3.54. The van der Waals surface area contributed by atoms with E-state index in [0.29, 0.717) is 13.1 Å². The zero-order valence-corrected chi connectivity index (χ0v) is 19.6. The lowest BCUT2D eigenvalue weighted by Gasteiger charge is -2.17. The van der Waals surface area contributed by atoms with Gasteiger partial charge in [-0.3, -0.25) is 0 Å². The topological polar surface area (TPSA) is 46.4 Å². The average molecular weight is 598 g/mol. The summed E-state index contributed by atoms with van der Waals surface area (Å²) >= 11 is 4.70. The van der Waals surface area contributed by atoms with E-state index >= 15 is 0 Å². The van der Waals surface area contributed by atoms with Crippen molar-refractivity contribution < 1.29 is 9.84 Å². The number of rotatable bonds is 6. The van der Waals surface area contributed by atoms with Gasteiger partial charge < -0.3 is 19.7 Å². The van der Waals surface area contributed by atoms with Crippen molar-refractivity contribution in [2.75, 3.05) is 19.0 Å². The van der Waals surface area contributed by atoms with Gasteiger partial charge >= 0.3 is 0 Å².